The van der Waals surface area contributed by atoms with Crippen molar-refractivity contribution in [3.63, 3.8) is 0 Å². The molecule has 0 aliphatic rings. The number of para-hydroxylation sites is 1. The van der Waals surface area contributed by atoms with Gasteiger partial charge in [0.05, 0.1) is 9.40 Å². The van der Waals surface area contributed by atoms with Gasteiger partial charge in [-0.05, 0) is 41.1 Å². The molecule has 2 rings (SSSR count). The second-order valence-electron chi connectivity index (χ2n) is 3.57. The molecule has 0 radical (unpaired) electrons. The Balaban J connectivity index is 2.44. The Bertz CT molecular complexity index is 602. The largest absolute Gasteiger partial charge is 0.431 e. The summed E-state index contributed by atoms with van der Waals surface area (Å²) in [5.41, 5.74) is 0.500. The quantitative estimate of drug-likeness (QED) is 0.638. The van der Waals surface area contributed by atoms with Gasteiger partial charge in [-0.15, -0.1) is 0 Å². The van der Waals surface area contributed by atoms with Crippen LogP contribution in [-0.2, 0) is 0 Å². The molecule has 6 heteroatoms. The van der Waals surface area contributed by atoms with E-state index in [1.54, 1.807) is 43.5 Å². The van der Waals surface area contributed by atoms with E-state index in [1.807, 2.05) is 0 Å². The second-order valence-corrected chi connectivity index (χ2v) is 4.43. The van der Waals surface area contributed by atoms with E-state index in [4.69, 9.17) is 4.74 Å². The van der Waals surface area contributed by atoms with E-state index in [9.17, 15) is 10.1 Å². The molecule has 1 aromatic carbocycles. The number of aromatic nitrogens is 1. The molecule has 1 heterocycles. The predicted octanol–water partition coefficient (Wildman–Crippen LogP) is 3.85. The van der Waals surface area contributed by atoms with Gasteiger partial charge in [-0.2, -0.15) is 0 Å². The summed E-state index contributed by atoms with van der Waals surface area (Å²) in [4.78, 5) is 14.6. The van der Waals surface area contributed by atoms with E-state index >= 15 is 0 Å². The monoisotopic (exact) mass is 308 g/mol. The fourth-order valence-electron chi connectivity index (χ4n) is 1.50. The zero-order valence-electron chi connectivity index (χ0n) is 9.46. The van der Waals surface area contributed by atoms with E-state index in [1.165, 1.54) is 0 Å². The SMILES string of the molecule is Cc1cccc(Oc2ncccc2Br)c1[N+](=O)[O-]. The number of nitrogens with zero attached hydrogens (tertiary/aromatic N) is 2. The van der Waals surface area contributed by atoms with Crippen LogP contribution in [0, 0.1) is 17.0 Å². The van der Waals surface area contributed by atoms with Gasteiger partial charge in [0.1, 0.15) is 0 Å². The fourth-order valence-corrected chi connectivity index (χ4v) is 1.83. The van der Waals surface area contributed by atoms with Crippen molar-refractivity contribution in [3.05, 3.63) is 56.7 Å². The van der Waals surface area contributed by atoms with Gasteiger partial charge in [-0.3, -0.25) is 10.1 Å². The number of nitro groups is 1. The standard InChI is InChI=1S/C12H9BrN2O3/c1-8-4-2-6-10(11(8)15(16)17)18-12-9(13)5-3-7-14-12/h2-7H,1H3. The molecule has 0 spiro atoms. The van der Waals surface area contributed by atoms with Gasteiger partial charge in [-0.25, -0.2) is 4.98 Å². The van der Waals surface area contributed by atoms with E-state index < -0.39 is 4.92 Å². The van der Waals surface area contributed by atoms with E-state index in [2.05, 4.69) is 20.9 Å². The highest BCUT2D eigenvalue weighted by molar-refractivity contribution is 9.10. The van der Waals surface area contributed by atoms with Crippen LogP contribution in [0.2, 0.25) is 0 Å². The molecule has 5 nitrogen and oxygen atoms in total. The molecule has 0 unspecified atom stereocenters. The molecule has 0 amide bonds. The number of halogens is 1. The highest BCUT2D eigenvalue weighted by Crippen LogP contribution is 2.35. The minimum Gasteiger partial charge on any atom is -0.431 e. The Morgan fingerprint density at radius 2 is 2.11 bits per heavy atom. The molecule has 92 valence electrons. The Labute approximate surface area is 112 Å². The Hall–Kier alpha value is -1.95. The smallest absolute Gasteiger partial charge is 0.314 e. The first-order valence-electron chi connectivity index (χ1n) is 5.12. The maximum atomic E-state index is 11.0. The molecule has 0 atom stereocenters. The summed E-state index contributed by atoms with van der Waals surface area (Å²) >= 11 is 3.28. The van der Waals surface area contributed by atoms with Crippen molar-refractivity contribution in [1.82, 2.24) is 4.98 Å². The Morgan fingerprint density at radius 3 is 2.78 bits per heavy atom. The number of benzene rings is 1. The zero-order chi connectivity index (χ0) is 13.1. The van der Waals surface area contributed by atoms with Gasteiger partial charge >= 0.3 is 5.69 Å². The van der Waals surface area contributed by atoms with Gasteiger partial charge in [0.15, 0.2) is 0 Å². The first-order valence-corrected chi connectivity index (χ1v) is 5.91. The van der Waals surface area contributed by atoms with Crippen LogP contribution in [0.1, 0.15) is 5.56 Å². The molecule has 0 saturated heterocycles. The number of nitro benzene ring substituents is 1. The molecule has 2 aromatic rings. The number of aryl methyl sites for hydroxylation is 1. The second kappa shape index (κ2) is 5.14. The first kappa shape index (κ1) is 12.5. The predicted molar refractivity (Wildman–Crippen MR) is 69.8 cm³/mol. The van der Waals surface area contributed by atoms with Crippen molar-refractivity contribution in [3.8, 4) is 11.6 Å². The van der Waals surface area contributed by atoms with Crippen LogP contribution in [0.15, 0.2) is 41.0 Å². The summed E-state index contributed by atoms with van der Waals surface area (Å²) in [6, 6.07) is 8.41. The number of pyridine rings is 1. The number of rotatable bonds is 3. The Morgan fingerprint density at radius 1 is 1.33 bits per heavy atom. The maximum absolute atomic E-state index is 11.0. The number of hydrogen-bond donors (Lipinski definition) is 0. The normalized spacial score (nSPS) is 10.1. The van der Waals surface area contributed by atoms with Gasteiger partial charge in [0.25, 0.3) is 0 Å². The van der Waals surface area contributed by atoms with Crippen molar-refractivity contribution >= 4 is 21.6 Å². The summed E-state index contributed by atoms with van der Waals surface area (Å²) < 4.78 is 6.12. The van der Waals surface area contributed by atoms with Crippen LogP contribution in [0.25, 0.3) is 0 Å². The van der Waals surface area contributed by atoms with Crippen molar-refractivity contribution in [2.75, 3.05) is 0 Å². The van der Waals surface area contributed by atoms with Crippen LogP contribution in [0.3, 0.4) is 0 Å². The molecule has 0 aliphatic heterocycles. The van der Waals surface area contributed by atoms with Crippen molar-refractivity contribution in [1.29, 1.82) is 0 Å². The summed E-state index contributed by atoms with van der Waals surface area (Å²) in [6.45, 7) is 1.67. The number of ether oxygens (including phenoxy) is 1. The highest BCUT2D eigenvalue weighted by atomic mass is 79.9. The lowest BCUT2D eigenvalue weighted by molar-refractivity contribution is -0.386. The summed E-state index contributed by atoms with van der Waals surface area (Å²) in [7, 11) is 0. The van der Waals surface area contributed by atoms with Crippen LogP contribution in [0.4, 0.5) is 5.69 Å². The molecule has 1 aromatic heterocycles. The third-order valence-electron chi connectivity index (χ3n) is 2.31. The van der Waals surface area contributed by atoms with Crippen LogP contribution in [-0.4, -0.2) is 9.91 Å². The van der Waals surface area contributed by atoms with Crippen molar-refractivity contribution in [2.45, 2.75) is 6.92 Å². The maximum Gasteiger partial charge on any atom is 0.314 e. The molecule has 18 heavy (non-hydrogen) atoms. The van der Waals surface area contributed by atoms with Gasteiger partial charge < -0.3 is 4.74 Å². The lowest BCUT2D eigenvalue weighted by Gasteiger charge is -2.07. The highest BCUT2D eigenvalue weighted by Gasteiger charge is 2.19. The van der Waals surface area contributed by atoms with Crippen LogP contribution < -0.4 is 4.74 Å². The van der Waals surface area contributed by atoms with Crippen LogP contribution >= 0.6 is 15.9 Å². The van der Waals surface area contributed by atoms with Gasteiger partial charge in [0.2, 0.25) is 11.6 Å². The molecular formula is C12H9BrN2O3. The van der Waals surface area contributed by atoms with E-state index in [0.29, 0.717) is 15.9 Å². The average molecular weight is 309 g/mol. The summed E-state index contributed by atoms with van der Waals surface area (Å²) in [5.74, 6) is 0.477. The van der Waals surface area contributed by atoms with Gasteiger partial charge in [-0.1, -0.05) is 12.1 Å². The number of hydrogen-bond acceptors (Lipinski definition) is 4. The topological polar surface area (TPSA) is 65.3 Å². The minimum atomic E-state index is -0.457. The third kappa shape index (κ3) is 2.48. The van der Waals surface area contributed by atoms with E-state index in [-0.39, 0.29) is 11.4 Å². The fraction of sp³-hybridized carbons (Fsp3) is 0.0833. The molecule has 0 fully saturated rings. The van der Waals surface area contributed by atoms with E-state index in [0.717, 1.165) is 0 Å². The third-order valence-corrected chi connectivity index (χ3v) is 2.92. The van der Waals surface area contributed by atoms with Crippen LogP contribution in [0.5, 0.6) is 11.6 Å². The molecular weight excluding hydrogens is 300 g/mol. The van der Waals surface area contributed by atoms with Gasteiger partial charge in [0, 0.05) is 11.8 Å². The van der Waals surface area contributed by atoms with Crippen molar-refractivity contribution < 1.29 is 9.66 Å². The zero-order valence-corrected chi connectivity index (χ0v) is 11.0. The average Bonchev–Trinajstić information content (AvgIpc) is 2.31. The summed E-state index contributed by atoms with van der Waals surface area (Å²) in [5, 5.41) is 11.0. The molecule has 0 bridgehead atoms. The first-order chi connectivity index (χ1) is 8.59. The minimum absolute atomic E-state index is 0.0462. The molecule has 0 aliphatic carbocycles. The molecule has 0 saturated carbocycles. The van der Waals surface area contributed by atoms with Crippen molar-refractivity contribution in [2.24, 2.45) is 0 Å². The molecule has 0 N–H and O–H groups in total. The summed E-state index contributed by atoms with van der Waals surface area (Å²) in [6.07, 6.45) is 1.56. The lowest BCUT2D eigenvalue weighted by atomic mass is 10.2. The Kier molecular flexibility index (Phi) is 3.57. The lowest BCUT2D eigenvalue weighted by Crippen LogP contribution is -1.97.